The molecule has 2 aromatic heterocycles. The third-order valence-electron chi connectivity index (χ3n) is 5.65. The van der Waals surface area contributed by atoms with E-state index in [1.54, 1.807) is 4.57 Å². The lowest BCUT2D eigenvalue weighted by Gasteiger charge is -2.12. The number of nitrogens with zero attached hydrogens (tertiary/aromatic N) is 3. The van der Waals surface area contributed by atoms with Crippen molar-refractivity contribution in [3.8, 4) is 0 Å². The molecule has 1 aromatic carbocycles. The van der Waals surface area contributed by atoms with Crippen molar-refractivity contribution in [2.45, 2.75) is 56.5 Å². The Labute approximate surface area is 177 Å². The number of hydrogen-bond donors (Lipinski definition) is 1. The number of benzene rings is 1. The van der Waals surface area contributed by atoms with E-state index in [1.807, 2.05) is 32.0 Å². The number of nitrogens with one attached hydrogen (secondary N) is 1. The molecule has 0 bridgehead atoms. The number of thioether (sulfide) groups is 1. The quantitative estimate of drug-likeness (QED) is 0.372. The Morgan fingerprint density at radius 3 is 2.60 bits per heavy atom. The summed E-state index contributed by atoms with van der Waals surface area (Å²) in [6.07, 6.45) is 3.82. The molecule has 3 aromatic rings. The molecule has 0 spiro atoms. The van der Waals surface area contributed by atoms with Gasteiger partial charge in [-0.15, -0.1) is 0 Å². The normalized spacial score (nSPS) is 16.2. The number of hydrogen-bond acceptors (Lipinski definition) is 6. The van der Waals surface area contributed by atoms with Crippen LogP contribution in [0, 0.1) is 13.8 Å². The lowest BCUT2D eigenvalue weighted by Crippen LogP contribution is -2.31. The first-order valence-corrected chi connectivity index (χ1v) is 11.2. The van der Waals surface area contributed by atoms with Crippen molar-refractivity contribution in [1.82, 2.24) is 19.5 Å². The standard InChI is InChI=1S/C22H22N4O3S/c1-11-3-8-15(12(2)9-11)16(27)10-30-21-17-19(23-18(24-21)13-4-5-13)26(14-6-7-14)22(29)25-20(17)28/h3,8-9,13-14H,4-7,10H2,1-2H3,(H,25,28,29). The van der Waals surface area contributed by atoms with Crippen LogP contribution in [0.1, 0.15) is 65.0 Å². The summed E-state index contributed by atoms with van der Waals surface area (Å²) in [4.78, 5) is 49.6. The molecule has 2 heterocycles. The third kappa shape index (κ3) is 3.49. The molecule has 7 nitrogen and oxygen atoms in total. The van der Waals surface area contributed by atoms with Crippen LogP contribution in [0.2, 0.25) is 0 Å². The van der Waals surface area contributed by atoms with Gasteiger partial charge in [0.1, 0.15) is 16.2 Å². The molecule has 2 aliphatic rings. The van der Waals surface area contributed by atoms with E-state index in [4.69, 9.17) is 0 Å². The molecule has 154 valence electrons. The molecule has 2 fully saturated rings. The molecule has 5 rings (SSSR count). The first-order valence-electron chi connectivity index (χ1n) is 10.2. The van der Waals surface area contributed by atoms with E-state index in [2.05, 4.69) is 15.0 Å². The lowest BCUT2D eigenvalue weighted by atomic mass is 10.0. The van der Waals surface area contributed by atoms with Crippen molar-refractivity contribution in [2.24, 2.45) is 0 Å². The molecule has 0 radical (unpaired) electrons. The Hall–Kier alpha value is -2.74. The minimum absolute atomic E-state index is 0.0100. The minimum Gasteiger partial charge on any atom is -0.293 e. The monoisotopic (exact) mass is 422 g/mol. The van der Waals surface area contributed by atoms with Crippen LogP contribution in [-0.4, -0.2) is 31.1 Å². The average molecular weight is 423 g/mol. The number of rotatable bonds is 6. The van der Waals surface area contributed by atoms with Crippen molar-refractivity contribution in [2.75, 3.05) is 5.75 Å². The maximum absolute atomic E-state index is 12.8. The number of H-pyrrole nitrogens is 1. The van der Waals surface area contributed by atoms with Crippen molar-refractivity contribution in [1.29, 1.82) is 0 Å². The van der Waals surface area contributed by atoms with Crippen LogP contribution in [0.5, 0.6) is 0 Å². The number of Topliss-reactive ketones (excluding diaryl/α,β-unsaturated/α-hetero) is 1. The predicted molar refractivity (Wildman–Crippen MR) is 116 cm³/mol. The van der Waals surface area contributed by atoms with Gasteiger partial charge in [-0.2, -0.15) is 0 Å². The number of aryl methyl sites for hydroxylation is 2. The van der Waals surface area contributed by atoms with Gasteiger partial charge in [0, 0.05) is 17.5 Å². The van der Waals surface area contributed by atoms with Crippen LogP contribution in [-0.2, 0) is 0 Å². The van der Waals surface area contributed by atoms with Crippen LogP contribution in [0.3, 0.4) is 0 Å². The maximum Gasteiger partial charge on any atom is 0.330 e. The van der Waals surface area contributed by atoms with E-state index >= 15 is 0 Å². The zero-order valence-electron chi connectivity index (χ0n) is 16.9. The molecule has 8 heteroatoms. The number of aromatic amines is 1. The first kappa shape index (κ1) is 19.2. The van der Waals surface area contributed by atoms with Gasteiger partial charge in [0.05, 0.1) is 5.75 Å². The highest BCUT2D eigenvalue weighted by Gasteiger charge is 2.32. The van der Waals surface area contributed by atoms with Crippen molar-refractivity contribution in [3.05, 3.63) is 61.6 Å². The van der Waals surface area contributed by atoms with E-state index in [0.29, 0.717) is 27.4 Å². The highest BCUT2D eigenvalue weighted by Crippen LogP contribution is 2.40. The van der Waals surface area contributed by atoms with Gasteiger partial charge in [-0.05, 0) is 45.1 Å². The van der Waals surface area contributed by atoms with Gasteiger partial charge in [-0.25, -0.2) is 14.8 Å². The largest absolute Gasteiger partial charge is 0.330 e. The summed E-state index contributed by atoms with van der Waals surface area (Å²) in [6, 6.07) is 5.84. The number of carbonyl (C=O) groups is 1. The molecule has 0 aliphatic heterocycles. The Bertz CT molecular complexity index is 1300. The minimum atomic E-state index is -0.490. The van der Waals surface area contributed by atoms with Crippen molar-refractivity contribution >= 4 is 28.6 Å². The zero-order chi connectivity index (χ0) is 21.0. The summed E-state index contributed by atoms with van der Waals surface area (Å²) in [5.41, 5.74) is 2.22. The Morgan fingerprint density at radius 2 is 1.93 bits per heavy atom. The lowest BCUT2D eigenvalue weighted by molar-refractivity contribution is 0.102. The molecule has 1 N–H and O–H groups in total. The average Bonchev–Trinajstić information content (AvgIpc) is 3.59. The highest BCUT2D eigenvalue weighted by molar-refractivity contribution is 8.00. The molecule has 0 saturated heterocycles. The van der Waals surface area contributed by atoms with E-state index in [1.165, 1.54) is 11.8 Å². The Balaban J connectivity index is 1.56. The van der Waals surface area contributed by atoms with Crippen molar-refractivity contribution < 1.29 is 4.79 Å². The van der Waals surface area contributed by atoms with Crippen LogP contribution in [0.25, 0.3) is 11.0 Å². The summed E-state index contributed by atoms with van der Waals surface area (Å²) in [5, 5.41) is 0.792. The van der Waals surface area contributed by atoms with E-state index in [9.17, 15) is 14.4 Å². The Kier molecular flexibility index (Phi) is 4.61. The number of carbonyl (C=O) groups excluding carboxylic acids is 1. The molecule has 0 unspecified atom stereocenters. The number of ketones is 1. The number of aromatic nitrogens is 4. The van der Waals surface area contributed by atoms with E-state index < -0.39 is 11.2 Å². The first-order chi connectivity index (χ1) is 14.4. The van der Waals surface area contributed by atoms with Crippen LogP contribution < -0.4 is 11.2 Å². The second-order valence-electron chi connectivity index (χ2n) is 8.25. The fraction of sp³-hybridized carbons (Fsp3) is 0.409. The molecular weight excluding hydrogens is 400 g/mol. The van der Waals surface area contributed by atoms with Gasteiger partial charge in [0.15, 0.2) is 11.4 Å². The van der Waals surface area contributed by atoms with E-state index in [0.717, 1.165) is 36.8 Å². The molecule has 0 atom stereocenters. The number of fused-ring (bicyclic) bond motifs is 1. The maximum atomic E-state index is 12.8. The molecule has 2 saturated carbocycles. The third-order valence-corrected chi connectivity index (χ3v) is 6.62. The van der Waals surface area contributed by atoms with Crippen molar-refractivity contribution in [3.63, 3.8) is 0 Å². The fourth-order valence-electron chi connectivity index (χ4n) is 3.77. The van der Waals surface area contributed by atoms with Gasteiger partial charge in [0.2, 0.25) is 0 Å². The summed E-state index contributed by atoms with van der Waals surface area (Å²) < 4.78 is 1.60. The molecule has 0 amide bonds. The molecule has 2 aliphatic carbocycles. The summed E-state index contributed by atoms with van der Waals surface area (Å²) in [6.45, 7) is 3.92. The van der Waals surface area contributed by atoms with Gasteiger partial charge in [-0.1, -0.05) is 35.5 Å². The van der Waals surface area contributed by atoms with Gasteiger partial charge >= 0.3 is 5.69 Å². The molecular formula is C22H22N4O3S. The Morgan fingerprint density at radius 1 is 1.17 bits per heavy atom. The topological polar surface area (TPSA) is 97.7 Å². The van der Waals surface area contributed by atoms with Crippen LogP contribution >= 0.6 is 11.8 Å². The summed E-state index contributed by atoms with van der Waals surface area (Å²) in [7, 11) is 0. The summed E-state index contributed by atoms with van der Waals surface area (Å²) >= 11 is 1.25. The SMILES string of the molecule is Cc1ccc(C(=O)CSc2nc(C3CC3)nc3c2c(=O)[nH]c(=O)n3C2CC2)c(C)c1. The molecule has 30 heavy (non-hydrogen) atoms. The van der Waals surface area contributed by atoms with Gasteiger partial charge in [-0.3, -0.25) is 19.1 Å². The fourth-order valence-corrected chi connectivity index (χ4v) is 4.68. The smallest absolute Gasteiger partial charge is 0.293 e. The summed E-state index contributed by atoms with van der Waals surface area (Å²) in [5.74, 6) is 1.10. The predicted octanol–water partition coefficient (Wildman–Crippen LogP) is 3.28. The van der Waals surface area contributed by atoms with Crippen LogP contribution in [0.4, 0.5) is 0 Å². The van der Waals surface area contributed by atoms with Gasteiger partial charge in [0.25, 0.3) is 5.56 Å². The second-order valence-corrected chi connectivity index (χ2v) is 9.21. The van der Waals surface area contributed by atoms with Crippen LogP contribution in [0.15, 0.2) is 32.8 Å². The highest BCUT2D eigenvalue weighted by atomic mass is 32.2. The van der Waals surface area contributed by atoms with Gasteiger partial charge < -0.3 is 0 Å². The second kappa shape index (κ2) is 7.19. The van der Waals surface area contributed by atoms with E-state index in [-0.39, 0.29) is 23.5 Å². The zero-order valence-corrected chi connectivity index (χ0v) is 17.7.